The zero-order valence-electron chi connectivity index (χ0n) is 22.3. The predicted molar refractivity (Wildman–Crippen MR) is 149 cm³/mol. The van der Waals surface area contributed by atoms with Crippen molar-refractivity contribution in [2.24, 2.45) is 10.2 Å². The van der Waals surface area contributed by atoms with Crippen molar-refractivity contribution in [2.75, 3.05) is 0 Å². The summed E-state index contributed by atoms with van der Waals surface area (Å²) in [4.78, 5) is 12.7. The monoisotopic (exact) mass is 484 g/mol. The fourth-order valence-electron chi connectivity index (χ4n) is 4.12. The van der Waals surface area contributed by atoms with E-state index < -0.39 is 0 Å². The number of carbonyl (C=O) groups excluding carboxylic acids is 1. The summed E-state index contributed by atoms with van der Waals surface area (Å²) >= 11 is 0. The highest BCUT2D eigenvalue weighted by atomic mass is 16.5. The van der Waals surface area contributed by atoms with Gasteiger partial charge >= 0.3 is 5.97 Å². The highest BCUT2D eigenvalue weighted by Gasteiger charge is 2.13. The van der Waals surface area contributed by atoms with Crippen molar-refractivity contribution in [1.82, 2.24) is 0 Å². The Balaban J connectivity index is 1.59. The predicted octanol–water partition coefficient (Wildman–Crippen LogP) is 9.79. The topological polar surface area (TPSA) is 51.0 Å². The second kappa shape index (κ2) is 14.3. The summed E-state index contributed by atoms with van der Waals surface area (Å²) < 4.78 is 5.73. The summed E-state index contributed by atoms with van der Waals surface area (Å²) in [6, 6.07) is 19.7. The van der Waals surface area contributed by atoms with Crippen molar-refractivity contribution < 1.29 is 9.53 Å². The van der Waals surface area contributed by atoms with Crippen LogP contribution in [-0.4, -0.2) is 5.97 Å². The number of benzene rings is 3. The maximum atomic E-state index is 12.7. The molecular weight excluding hydrogens is 444 g/mol. The fourth-order valence-corrected chi connectivity index (χ4v) is 4.12. The van der Waals surface area contributed by atoms with Crippen molar-refractivity contribution >= 4 is 17.3 Å². The van der Waals surface area contributed by atoms with Gasteiger partial charge in [0, 0.05) is 0 Å². The second-order valence-corrected chi connectivity index (χ2v) is 9.55. The molecule has 0 saturated heterocycles. The van der Waals surface area contributed by atoms with Gasteiger partial charge in [0.2, 0.25) is 0 Å². The van der Waals surface area contributed by atoms with Crippen LogP contribution in [-0.2, 0) is 12.8 Å². The lowest BCUT2D eigenvalue weighted by Crippen LogP contribution is -2.09. The van der Waals surface area contributed by atoms with Gasteiger partial charge in [-0.05, 0) is 98.2 Å². The van der Waals surface area contributed by atoms with Gasteiger partial charge in [-0.15, -0.1) is 0 Å². The number of hydrogen-bond donors (Lipinski definition) is 0. The SMILES string of the molecule is CCCCCCCc1ccc(C(=O)Oc2ccc(N=Nc3ccc(CCCC)cc3)c(C)c2C)cc1. The lowest BCUT2D eigenvalue weighted by Gasteiger charge is -2.11. The first-order valence-corrected chi connectivity index (χ1v) is 13.4. The van der Waals surface area contributed by atoms with Gasteiger partial charge < -0.3 is 4.74 Å². The van der Waals surface area contributed by atoms with Gasteiger partial charge in [0.15, 0.2) is 0 Å². The van der Waals surface area contributed by atoms with E-state index in [1.54, 1.807) is 6.07 Å². The Bertz CT molecular complexity index is 1130. The standard InChI is InChI=1S/C32H40N2O2/c1-5-7-9-10-11-13-27-14-18-28(19-15-27)32(35)36-31-23-22-30(24(3)25(31)4)34-33-29-20-16-26(17-21-29)12-8-6-2/h14-23H,5-13H2,1-4H3. The first-order valence-electron chi connectivity index (χ1n) is 13.4. The minimum absolute atomic E-state index is 0.343. The number of carbonyl (C=O) groups is 1. The molecule has 4 heteroatoms. The molecule has 4 nitrogen and oxygen atoms in total. The molecule has 0 bridgehead atoms. The van der Waals surface area contributed by atoms with E-state index in [4.69, 9.17) is 4.74 Å². The molecule has 3 aromatic rings. The quantitative estimate of drug-likeness (QED) is 0.105. The molecule has 0 heterocycles. The van der Waals surface area contributed by atoms with Gasteiger partial charge in [0.25, 0.3) is 0 Å². The molecule has 0 amide bonds. The van der Waals surface area contributed by atoms with Crippen LogP contribution in [0.3, 0.4) is 0 Å². The largest absolute Gasteiger partial charge is 0.423 e. The third kappa shape index (κ3) is 8.15. The Morgan fingerprint density at radius 3 is 1.94 bits per heavy atom. The van der Waals surface area contributed by atoms with E-state index in [0.29, 0.717) is 11.3 Å². The molecule has 190 valence electrons. The average molecular weight is 485 g/mol. The van der Waals surface area contributed by atoms with Crippen LogP contribution < -0.4 is 4.74 Å². The summed E-state index contributed by atoms with van der Waals surface area (Å²) in [7, 11) is 0. The van der Waals surface area contributed by atoms with Gasteiger partial charge in [-0.1, -0.05) is 70.2 Å². The number of unbranched alkanes of at least 4 members (excludes halogenated alkanes) is 5. The first-order chi connectivity index (χ1) is 17.5. The third-order valence-corrected chi connectivity index (χ3v) is 6.70. The van der Waals surface area contributed by atoms with Crippen LogP contribution in [0.4, 0.5) is 11.4 Å². The fraction of sp³-hybridized carbons (Fsp3) is 0.406. The summed E-state index contributed by atoms with van der Waals surface area (Å²) in [6.07, 6.45) is 10.8. The van der Waals surface area contributed by atoms with Crippen molar-refractivity contribution in [3.8, 4) is 5.75 Å². The number of aryl methyl sites for hydroxylation is 2. The van der Waals surface area contributed by atoms with Gasteiger partial charge in [-0.25, -0.2) is 4.79 Å². The van der Waals surface area contributed by atoms with Crippen LogP contribution in [0.2, 0.25) is 0 Å². The van der Waals surface area contributed by atoms with Gasteiger partial charge in [0.1, 0.15) is 5.75 Å². The average Bonchev–Trinajstić information content (AvgIpc) is 2.90. The smallest absolute Gasteiger partial charge is 0.343 e. The second-order valence-electron chi connectivity index (χ2n) is 9.55. The van der Waals surface area contributed by atoms with E-state index in [1.165, 1.54) is 56.1 Å². The van der Waals surface area contributed by atoms with E-state index in [-0.39, 0.29) is 5.97 Å². The molecule has 0 aliphatic rings. The summed E-state index contributed by atoms with van der Waals surface area (Å²) in [5.41, 5.74) is 6.58. The van der Waals surface area contributed by atoms with Crippen molar-refractivity contribution in [2.45, 2.75) is 85.5 Å². The number of esters is 1. The highest BCUT2D eigenvalue weighted by molar-refractivity contribution is 5.91. The van der Waals surface area contributed by atoms with Crippen LogP contribution in [0.15, 0.2) is 70.9 Å². The molecule has 0 aromatic heterocycles. The summed E-state index contributed by atoms with van der Waals surface area (Å²) in [5.74, 6) is 0.210. The molecule has 0 unspecified atom stereocenters. The molecule has 0 N–H and O–H groups in total. The van der Waals surface area contributed by atoms with E-state index >= 15 is 0 Å². The molecule has 3 aromatic carbocycles. The molecule has 0 atom stereocenters. The zero-order valence-corrected chi connectivity index (χ0v) is 22.3. The first kappa shape index (κ1) is 27.3. The molecule has 0 fully saturated rings. The Labute approximate surface area is 216 Å². The normalized spacial score (nSPS) is 11.2. The van der Waals surface area contributed by atoms with Crippen LogP contribution in [0.1, 0.15) is 91.4 Å². The van der Waals surface area contributed by atoms with Crippen LogP contribution in [0, 0.1) is 13.8 Å². The summed E-state index contributed by atoms with van der Waals surface area (Å²) in [6.45, 7) is 8.35. The Kier molecular flexibility index (Phi) is 10.9. The lowest BCUT2D eigenvalue weighted by molar-refractivity contribution is 0.0733. The van der Waals surface area contributed by atoms with Crippen LogP contribution in [0.5, 0.6) is 5.75 Å². The Morgan fingerprint density at radius 2 is 1.28 bits per heavy atom. The van der Waals surface area contributed by atoms with Crippen LogP contribution >= 0.6 is 0 Å². The van der Waals surface area contributed by atoms with Gasteiger partial charge in [-0.3, -0.25) is 0 Å². The molecule has 3 rings (SSSR count). The van der Waals surface area contributed by atoms with Gasteiger partial charge in [-0.2, -0.15) is 10.2 Å². The van der Waals surface area contributed by atoms with Gasteiger partial charge in [0.05, 0.1) is 16.9 Å². The zero-order chi connectivity index (χ0) is 25.8. The van der Waals surface area contributed by atoms with Crippen molar-refractivity contribution in [3.63, 3.8) is 0 Å². The summed E-state index contributed by atoms with van der Waals surface area (Å²) in [5, 5.41) is 8.84. The molecule has 0 saturated carbocycles. The number of azo groups is 1. The number of ether oxygens (including phenoxy) is 1. The van der Waals surface area contributed by atoms with E-state index in [9.17, 15) is 4.79 Å². The molecule has 36 heavy (non-hydrogen) atoms. The number of rotatable bonds is 13. The van der Waals surface area contributed by atoms with Crippen LogP contribution in [0.25, 0.3) is 0 Å². The highest BCUT2D eigenvalue weighted by Crippen LogP contribution is 2.31. The van der Waals surface area contributed by atoms with E-state index in [0.717, 1.165) is 35.3 Å². The number of hydrogen-bond acceptors (Lipinski definition) is 4. The minimum Gasteiger partial charge on any atom is -0.423 e. The maximum absolute atomic E-state index is 12.7. The van der Waals surface area contributed by atoms with Crippen molar-refractivity contribution in [1.29, 1.82) is 0 Å². The third-order valence-electron chi connectivity index (χ3n) is 6.70. The molecule has 0 aliphatic heterocycles. The lowest BCUT2D eigenvalue weighted by atomic mass is 10.0. The minimum atomic E-state index is -0.343. The van der Waals surface area contributed by atoms with Crippen molar-refractivity contribution in [3.05, 3.63) is 88.5 Å². The Morgan fingerprint density at radius 1 is 0.667 bits per heavy atom. The maximum Gasteiger partial charge on any atom is 0.343 e. The molecule has 0 radical (unpaired) electrons. The molecule has 0 spiro atoms. The van der Waals surface area contributed by atoms with E-state index in [2.05, 4.69) is 36.2 Å². The van der Waals surface area contributed by atoms with E-state index in [1.807, 2.05) is 56.3 Å². The Hall–Kier alpha value is -3.27. The molecular formula is C32H40N2O2. The molecule has 0 aliphatic carbocycles. The number of nitrogens with zero attached hydrogens (tertiary/aromatic N) is 2.